The van der Waals surface area contributed by atoms with Gasteiger partial charge in [0.15, 0.2) is 0 Å². The van der Waals surface area contributed by atoms with Gasteiger partial charge in [-0.3, -0.25) is 4.79 Å². The molecule has 2 heterocycles. The van der Waals surface area contributed by atoms with E-state index in [4.69, 9.17) is 9.15 Å². The van der Waals surface area contributed by atoms with Crippen LogP contribution in [0.1, 0.15) is 39.2 Å². The molecule has 0 radical (unpaired) electrons. The average Bonchev–Trinajstić information content (AvgIpc) is 3.14. The lowest BCUT2D eigenvalue weighted by atomic mass is 9.89. The van der Waals surface area contributed by atoms with Crippen molar-refractivity contribution in [3.8, 4) is 28.4 Å². The second-order valence-electron chi connectivity index (χ2n) is 8.59. The molecule has 0 fully saturated rings. The Morgan fingerprint density at radius 3 is 2.61 bits per heavy atom. The zero-order valence-electron chi connectivity index (χ0n) is 17.8. The lowest BCUT2D eigenvalue weighted by Crippen LogP contribution is -2.42. The summed E-state index contributed by atoms with van der Waals surface area (Å²) < 4.78 is 11.6. The third kappa shape index (κ3) is 3.91. The van der Waals surface area contributed by atoms with Crippen LogP contribution in [0.3, 0.4) is 0 Å². The molecule has 0 aliphatic carbocycles. The topological polar surface area (TPSA) is 100 Å². The summed E-state index contributed by atoms with van der Waals surface area (Å²) in [6.07, 6.45) is 4.39. The first-order chi connectivity index (χ1) is 14.7. The van der Waals surface area contributed by atoms with Crippen LogP contribution in [0.15, 0.2) is 57.5 Å². The number of fused-ring (bicyclic) bond motifs is 2. The van der Waals surface area contributed by atoms with E-state index in [0.29, 0.717) is 29.7 Å². The molecule has 1 aromatic heterocycles. The van der Waals surface area contributed by atoms with Gasteiger partial charge in [-0.2, -0.15) is 0 Å². The summed E-state index contributed by atoms with van der Waals surface area (Å²) >= 11 is 0. The van der Waals surface area contributed by atoms with Crippen molar-refractivity contribution in [3.63, 3.8) is 0 Å². The summed E-state index contributed by atoms with van der Waals surface area (Å²) in [5, 5.41) is 31.5. The van der Waals surface area contributed by atoms with Crippen molar-refractivity contribution in [1.29, 1.82) is 0 Å². The predicted molar refractivity (Wildman–Crippen MR) is 119 cm³/mol. The van der Waals surface area contributed by atoms with Gasteiger partial charge >= 0.3 is 0 Å². The van der Waals surface area contributed by atoms with Crippen LogP contribution in [-0.2, 0) is 6.42 Å². The molecule has 1 aliphatic rings. The number of aliphatic hydroxyl groups is 1. The number of allylic oxidation sites excluding steroid dienone is 2. The zero-order valence-corrected chi connectivity index (χ0v) is 17.8. The Hall–Kier alpha value is -3.25. The Morgan fingerprint density at radius 2 is 1.94 bits per heavy atom. The first-order valence-electron chi connectivity index (χ1n) is 10.3. The normalized spacial score (nSPS) is 17.1. The second kappa shape index (κ2) is 7.78. The van der Waals surface area contributed by atoms with Crippen LogP contribution >= 0.6 is 0 Å². The maximum Gasteiger partial charge on any atom is 0.204 e. The van der Waals surface area contributed by atoms with E-state index in [2.05, 4.69) is 6.08 Å². The third-order valence-corrected chi connectivity index (χ3v) is 5.84. The Labute approximate surface area is 180 Å². The minimum atomic E-state index is -1.10. The van der Waals surface area contributed by atoms with Crippen LogP contribution in [0.4, 0.5) is 0 Å². The van der Waals surface area contributed by atoms with E-state index in [1.165, 1.54) is 24.0 Å². The molecule has 6 nitrogen and oxygen atoms in total. The van der Waals surface area contributed by atoms with E-state index < -0.39 is 11.7 Å². The molecule has 0 saturated heterocycles. The average molecular weight is 422 g/mol. The molecular weight excluding hydrogens is 396 g/mol. The van der Waals surface area contributed by atoms with Crippen molar-refractivity contribution < 1.29 is 24.5 Å². The number of phenols is 2. The summed E-state index contributed by atoms with van der Waals surface area (Å²) in [5.74, 6) is 0.330. The highest BCUT2D eigenvalue weighted by molar-refractivity contribution is 5.90. The van der Waals surface area contributed by atoms with Gasteiger partial charge in [0.05, 0.1) is 11.2 Å². The van der Waals surface area contributed by atoms with Gasteiger partial charge in [-0.1, -0.05) is 23.8 Å². The van der Waals surface area contributed by atoms with E-state index in [-0.39, 0.29) is 33.5 Å². The Balaban J connectivity index is 1.71. The summed E-state index contributed by atoms with van der Waals surface area (Å²) in [7, 11) is 0. The lowest BCUT2D eigenvalue weighted by molar-refractivity contribution is -0.0433. The van der Waals surface area contributed by atoms with Gasteiger partial charge in [0, 0.05) is 18.1 Å². The van der Waals surface area contributed by atoms with E-state index >= 15 is 0 Å². The Bertz CT molecular complexity index is 1210. The van der Waals surface area contributed by atoms with Gasteiger partial charge in [-0.15, -0.1) is 0 Å². The number of aromatic hydroxyl groups is 2. The fourth-order valence-corrected chi connectivity index (χ4v) is 3.97. The minimum Gasteiger partial charge on any atom is -0.508 e. The molecule has 6 heteroatoms. The van der Waals surface area contributed by atoms with Gasteiger partial charge < -0.3 is 24.5 Å². The van der Waals surface area contributed by atoms with Crippen LogP contribution < -0.4 is 10.2 Å². The summed E-state index contributed by atoms with van der Waals surface area (Å²) in [6, 6.07) is 7.79. The van der Waals surface area contributed by atoms with Gasteiger partial charge in [0.1, 0.15) is 40.6 Å². The second-order valence-corrected chi connectivity index (χ2v) is 8.59. The number of rotatable bonds is 5. The van der Waals surface area contributed by atoms with Crippen molar-refractivity contribution in [1.82, 2.24) is 0 Å². The van der Waals surface area contributed by atoms with E-state index in [9.17, 15) is 20.1 Å². The van der Waals surface area contributed by atoms with Crippen molar-refractivity contribution >= 4 is 11.0 Å². The highest BCUT2D eigenvalue weighted by Crippen LogP contribution is 2.43. The standard InChI is InChI=1S/C25H26O6/c1-14(2)5-4-10-25(3,29)21-11-17-19(31-21)12-20-22(23(17)27)24(28)18(13-30-20)15-6-8-16(26)9-7-15/h5-9,12-13,21,26-27,29H,4,10-11H2,1-3H3/t21-,25-/m1/s1. The predicted octanol–water partition coefficient (Wildman–Crippen LogP) is 4.67. The van der Waals surface area contributed by atoms with Crippen LogP contribution in [0.5, 0.6) is 17.2 Å². The molecule has 3 N–H and O–H groups in total. The smallest absolute Gasteiger partial charge is 0.204 e. The number of hydrogen-bond acceptors (Lipinski definition) is 6. The quantitative estimate of drug-likeness (QED) is 0.517. The highest BCUT2D eigenvalue weighted by Gasteiger charge is 2.40. The van der Waals surface area contributed by atoms with Crippen molar-refractivity contribution in [2.45, 2.75) is 51.7 Å². The minimum absolute atomic E-state index is 0.0813. The Kier molecular flexibility index (Phi) is 5.27. The van der Waals surface area contributed by atoms with Crippen molar-refractivity contribution in [2.24, 2.45) is 0 Å². The Morgan fingerprint density at radius 1 is 1.23 bits per heavy atom. The molecule has 1 aliphatic heterocycles. The van der Waals surface area contributed by atoms with E-state index in [0.717, 1.165) is 6.42 Å². The van der Waals surface area contributed by atoms with Crippen LogP contribution in [-0.4, -0.2) is 27.0 Å². The first-order valence-corrected chi connectivity index (χ1v) is 10.3. The fraction of sp³-hybridized carbons (Fsp3) is 0.320. The third-order valence-electron chi connectivity index (χ3n) is 5.84. The molecule has 2 atom stereocenters. The van der Waals surface area contributed by atoms with Gasteiger partial charge in [0.25, 0.3) is 0 Å². The molecule has 162 valence electrons. The zero-order chi connectivity index (χ0) is 22.3. The molecule has 0 amide bonds. The summed E-state index contributed by atoms with van der Waals surface area (Å²) in [5.41, 5.74) is 1.29. The molecule has 31 heavy (non-hydrogen) atoms. The summed E-state index contributed by atoms with van der Waals surface area (Å²) in [6.45, 7) is 5.75. The molecule has 2 aromatic carbocycles. The fourth-order valence-electron chi connectivity index (χ4n) is 3.97. The largest absolute Gasteiger partial charge is 0.508 e. The number of ether oxygens (including phenoxy) is 1. The number of hydrogen-bond donors (Lipinski definition) is 3. The highest BCUT2D eigenvalue weighted by atomic mass is 16.5. The molecular formula is C25H26O6. The van der Waals surface area contributed by atoms with Crippen molar-refractivity contribution in [3.05, 3.63) is 64.0 Å². The molecule has 4 rings (SSSR count). The first kappa shape index (κ1) is 21.0. The van der Waals surface area contributed by atoms with Gasteiger partial charge in [-0.25, -0.2) is 0 Å². The van der Waals surface area contributed by atoms with E-state index in [1.54, 1.807) is 25.1 Å². The molecule has 3 aromatic rings. The molecule has 0 unspecified atom stereocenters. The van der Waals surface area contributed by atoms with Crippen LogP contribution in [0, 0.1) is 0 Å². The van der Waals surface area contributed by atoms with Crippen molar-refractivity contribution in [2.75, 3.05) is 0 Å². The maximum atomic E-state index is 13.1. The maximum absolute atomic E-state index is 13.1. The van der Waals surface area contributed by atoms with Gasteiger partial charge in [0.2, 0.25) is 5.43 Å². The monoisotopic (exact) mass is 422 g/mol. The SMILES string of the molecule is CC(C)=CCC[C@@](C)(O)[C@H]1Cc2c(cc3occ(-c4ccc(O)cc4)c(=O)c3c2O)O1. The molecule has 0 saturated carbocycles. The van der Waals surface area contributed by atoms with Crippen LogP contribution in [0.2, 0.25) is 0 Å². The lowest BCUT2D eigenvalue weighted by Gasteiger charge is -2.29. The molecule has 0 spiro atoms. The number of phenolic OH excluding ortho intramolecular Hbond substituents is 2. The molecule has 0 bridgehead atoms. The van der Waals surface area contributed by atoms with E-state index in [1.807, 2.05) is 13.8 Å². The summed E-state index contributed by atoms with van der Waals surface area (Å²) in [4.78, 5) is 13.1. The van der Waals surface area contributed by atoms with Crippen LogP contribution in [0.25, 0.3) is 22.1 Å². The van der Waals surface area contributed by atoms with Gasteiger partial charge in [-0.05, 0) is 51.3 Å². The number of benzene rings is 2.